The molecule has 1 fully saturated rings. The summed E-state index contributed by atoms with van der Waals surface area (Å²) in [5.41, 5.74) is 1.17. The van der Waals surface area contributed by atoms with Gasteiger partial charge in [0.2, 0.25) is 0 Å². The first-order valence-electron chi connectivity index (χ1n) is 10.0. The molecule has 0 radical (unpaired) electrons. The van der Waals surface area contributed by atoms with Gasteiger partial charge in [0, 0.05) is 49.6 Å². The largest absolute Gasteiger partial charge is 0.496 e. The summed E-state index contributed by atoms with van der Waals surface area (Å²) >= 11 is 0. The summed E-state index contributed by atoms with van der Waals surface area (Å²) in [7, 11) is 1.73. The predicted molar refractivity (Wildman–Crippen MR) is 103 cm³/mol. The lowest BCUT2D eigenvalue weighted by molar-refractivity contribution is 0.126. The van der Waals surface area contributed by atoms with Crippen LogP contribution in [0.15, 0.2) is 30.6 Å². The van der Waals surface area contributed by atoms with E-state index < -0.39 is 0 Å². The summed E-state index contributed by atoms with van der Waals surface area (Å²) in [6, 6.07) is 6.65. The van der Waals surface area contributed by atoms with Gasteiger partial charge in [-0.3, -0.25) is 9.58 Å². The van der Waals surface area contributed by atoms with Gasteiger partial charge in [0.1, 0.15) is 5.75 Å². The molecule has 2 aliphatic heterocycles. The molecule has 27 heavy (non-hydrogen) atoms. The Balaban J connectivity index is 1.49. The maximum Gasteiger partial charge on any atom is 0.164 e. The van der Waals surface area contributed by atoms with Crippen LogP contribution in [0.5, 0.6) is 17.2 Å². The van der Waals surface area contributed by atoms with Gasteiger partial charge in [0.05, 0.1) is 20.3 Å². The van der Waals surface area contributed by atoms with E-state index in [9.17, 15) is 0 Å². The summed E-state index contributed by atoms with van der Waals surface area (Å²) in [5, 5.41) is 4.34. The molecule has 0 saturated carbocycles. The van der Waals surface area contributed by atoms with Crippen LogP contribution in [0.2, 0.25) is 0 Å². The smallest absolute Gasteiger partial charge is 0.164 e. The number of benzene rings is 1. The van der Waals surface area contributed by atoms with E-state index in [0.717, 1.165) is 49.7 Å². The maximum absolute atomic E-state index is 5.89. The Morgan fingerprint density at radius 2 is 2.00 bits per heavy atom. The van der Waals surface area contributed by atoms with E-state index in [-0.39, 0.29) is 0 Å². The highest BCUT2D eigenvalue weighted by molar-refractivity contribution is 5.51. The van der Waals surface area contributed by atoms with Gasteiger partial charge in [-0.05, 0) is 37.9 Å². The highest BCUT2D eigenvalue weighted by atomic mass is 16.5. The quantitative estimate of drug-likeness (QED) is 0.778. The lowest BCUT2D eigenvalue weighted by atomic mass is 9.98. The Bertz CT molecular complexity index is 733. The van der Waals surface area contributed by atoms with Gasteiger partial charge in [-0.2, -0.15) is 5.10 Å². The van der Waals surface area contributed by atoms with Crippen LogP contribution < -0.4 is 14.2 Å². The first-order chi connectivity index (χ1) is 13.3. The Morgan fingerprint density at radius 3 is 2.78 bits per heavy atom. The lowest BCUT2D eigenvalue weighted by Gasteiger charge is -2.36. The molecule has 1 atom stereocenters. The molecule has 4 rings (SSSR count). The second-order valence-electron chi connectivity index (χ2n) is 7.34. The van der Waals surface area contributed by atoms with Crippen molar-refractivity contribution in [2.45, 2.75) is 51.2 Å². The van der Waals surface area contributed by atoms with Gasteiger partial charge in [-0.25, -0.2) is 0 Å². The van der Waals surface area contributed by atoms with Crippen molar-refractivity contribution in [3.8, 4) is 17.2 Å². The van der Waals surface area contributed by atoms with Gasteiger partial charge in [0.15, 0.2) is 11.5 Å². The first kappa shape index (κ1) is 18.2. The fraction of sp³-hybridized carbons (Fsp3) is 0.571. The van der Waals surface area contributed by atoms with Gasteiger partial charge in [-0.1, -0.05) is 6.42 Å². The van der Waals surface area contributed by atoms with Crippen LogP contribution in [0.4, 0.5) is 0 Å². The van der Waals surface area contributed by atoms with E-state index in [4.69, 9.17) is 14.2 Å². The number of nitrogens with zero attached hydrogens (tertiary/aromatic N) is 3. The number of piperidine rings is 1. The second-order valence-corrected chi connectivity index (χ2v) is 7.34. The molecular weight excluding hydrogens is 342 g/mol. The molecule has 0 bridgehead atoms. The van der Waals surface area contributed by atoms with Crippen molar-refractivity contribution in [3.05, 3.63) is 36.2 Å². The zero-order valence-corrected chi connectivity index (χ0v) is 16.1. The molecule has 2 aromatic rings. The number of methoxy groups -OCH3 is 1. The summed E-state index contributed by atoms with van der Waals surface area (Å²) in [4.78, 5) is 2.59. The van der Waals surface area contributed by atoms with Crippen LogP contribution in [0.25, 0.3) is 0 Å². The topological polar surface area (TPSA) is 48.8 Å². The van der Waals surface area contributed by atoms with E-state index in [1.54, 1.807) is 7.11 Å². The molecule has 6 nitrogen and oxygen atoms in total. The van der Waals surface area contributed by atoms with Crippen LogP contribution in [-0.4, -0.2) is 47.6 Å². The lowest BCUT2D eigenvalue weighted by Crippen LogP contribution is -2.39. The van der Waals surface area contributed by atoms with Crippen molar-refractivity contribution in [2.24, 2.45) is 0 Å². The first-order valence-corrected chi connectivity index (χ1v) is 10.0. The van der Waals surface area contributed by atoms with Gasteiger partial charge >= 0.3 is 0 Å². The minimum absolute atomic E-state index is 0.573. The van der Waals surface area contributed by atoms with Crippen molar-refractivity contribution in [1.82, 2.24) is 14.7 Å². The molecule has 0 N–H and O–H groups in total. The van der Waals surface area contributed by atoms with Crippen molar-refractivity contribution < 1.29 is 14.2 Å². The molecule has 6 heteroatoms. The Kier molecular flexibility index (Phi) is 5.82. The number of fused-ring (bicyclic) bond motifs is 1. The van der Waals surface area contributed by atoms with Crippen LogP contribution in [0.3, 0.4) is 0 Å². The third-order valence-corrected chi connectivity index (χ3v) is 5.52. The average molecular weight is 371 g/mol. The highest BCUT2D eigenvalue weighted by Gasteiger charge is 2.24. The molecule has 1 aromatic heterocycles. The Labute approximate surface area is 161 Å². The van der Waals surface area contributed by atoms with Crippen LogP contribution in [0.1, 0.15) is 37.7 Å². The third-order valence-electron chi connectivity index (χ3n) is 5.52. The SMILES string of the molecule is COc1cc2c(cc1CN1CCCC[C@H]1CCn1cccn1)OCCCO2. The number of rotatable bonds is 6. The van der Waals surface area contributed by atoms with Crippen molar-refractivity contribution >= 4 is 0 Å². The average Bonchev–Trinajstić information content (AvgIpc) is 3.11. The predicted octanol–water partition coefficient (Wildman–Crippen LogP) is 3.50. The maximum atomic E-state index is 5.89. The Hall–Kier alpha value is -2.21. The highest BCUT2D eigenvalue weighted by Crippen LogP contribution is 2.37. The molecule has 0 spiro atoms. The third kappa shape index (κ3) is 4.38. The summed E-state index contributed by atoms with van der Waals surface area (Å²) < 4.78 is 19.4. The number of aromatic nitrogens is 2. The van der Waals surface area contributed by atoms with Gasteiger partial charge < -0.3 is 14.2 Å². The van der Waals surface area contributed by atoms with E-state index in [2.05, 4.69) is 16.1 Å². The summed E-state index contributed by atoms with van der Waals surface area (Å²) in [6.45, 7) is 4.36. The molecule has 0 aliphatic carbocycles. The van der Waals surface area contributed by atoms with Crippen molar-refractivity contribution in [1.29, 1.82) is 0 Å². The minimum atomic E-state index is 0.573. The molecule has 3 heterocycles. The Morgan fingerprint density at radius 1 is 1.15 bits per heavy atom. The van der Waals surface area contributed by atoms with Gasteiger partial charge in [0.25, 0.3) is 0 Å². The van der Waals surface area contributed by atoms with Crippen molar-refractivity contribution in [2.75, 3.05) is 26.9 Å². The van der Waals surface area contributed by atoms with Crippen molar-refractivity contribution in [3.63, 3.8) is 0 Å². The van der Waals surface area contributed by atoms with E-state index in [1.807, 2.05) is 29.2 Å². The molecule has 1 saturated heterocycles. The fourth-order valence-corrected chi connectivity index (χ4v) is 4.07. The summed E-state index contributed by atoms with van der Waals surface area (Å²) in [5.74, 6) is 2.52. The normalized spacial score (nSPS) is 20.3. The zero-order chi connectivity index (χ0) is 18.5. The molecule has 2 aliphatic rings. The van der Waals surface area contributed by atoms with E-state index in [1.165, 1.54) is 24.8 Å². The summed E-state index contributed by atoms with van der Waals surface area (Å²) in [6.07, 6.45) is 9.72. The number of hydrogen-bond donors (Lipinski definition) is 0. The monoisotopic (exact) mass is 371 g/mol. The number of hydrogen-bond acceptors (Lipinski definition) is 5. The minimum Gasteiger partial charge on any atom is -0.496 e. The number of likely N-dealkylation sites (tertiary alicyclic amines) is 1. The molecule has 0 amide bonds. The van der Waals surface area contributed by atoms with E-state index >= 15 is 0 Å². The van der Waals surface area contributed by atoms with Crippen LogP contribution in [-0.2, 0) is 13.1 Å². The van der Waals surface area contributed by atoms with Crippen LogP contribution >= 0.6 is 0 Å². The zero-order valence-electron chi connectivity index (χ0n) is 16.1. The molecule has 146 valence electrons. The second kappa shape index (κ2) is 8.65. The number of ether oxygens (including phenoxy) is 3. The standard InChI is InChI=1S/C21H29N3O3/c1-25-19-15-21-20(26-12-5-13-27-21)14-17(19)16-23-9-3-2-6-18(23)7-11-24-10-4-8-22-24/h4,8,10,14-15,18H,2-3,5-7,9,11-13,16H2,1H3/t18-/m0/s1. The molecule has 1 aromatic carbocycles. The fourth-order valence-electron chi connectivity index (χ4n) is 4.07. The van der Waals surface area contributed by atoms with E-state index in [0.29, 0.717) is 19.3 Å². The van der Waals surface area contributed by atoms with Gasteiger partial charge in [-0.15, -0.1) is 0 Å². The molecule has 0 unspecified atom stereocenters. The molecular formula is C21H29N3O3. The van der Waals surface area contributed by atoms with Crippen LogP contribution in [0, 0.1) is 0 Å². The number of aryl methyl sites for hydroxylation is 1.